The predicted octanol–water partition coefficient (Wildman–Crippen LogP) is 2.98. The van der Waals surface area contributed by atoms with Crippen molar-refractivity contribution in [2.24, 2.45) is 5.92 Å². The van der Waals surface area contributed by atoms with E-state index in [-0.39, 0.29) is 35.1 Å². The van der Waals surface area contributed by atoms with Crippen LogP contribution in [-0.2, 0) is 16.1 Å². The highest BCUT2D eigenvalue weighted by Gasteiger charge is 2.18. The van der Waals surface area contributed by atoms with Gasteiger partial charge in [-0.25, -0.2) is 9.97 Å². The van der Waals surface area contributed by atoms with Gasteiger partial charge in [0.1, 0.15) is 18.1 Å². The molecule has 36 heavy (non-hydrogen) atoms. The molecule has 0 spiro atoms. The van der Waals surface area contributed by atoms with Gasteiger partial charge in [0.2, 0.25) is 5.91 Å². The number of aromatic nitrogens is 3. The molecule has 1 amide bonds. The first kappa shape index (κ1) is 26.1. The van der Waals surface area contributed by atoms with Crippen LogP contribution in [0.25, 0.3) is 22.4 Å². The van der Waals surface area contributed by atoms with Gasteiger partial charge < -0.3 is 14.8 Å². The average molecular weight is 514 g/mol. The second kappa shape index (κ2) is 11.8. The molecule has 1 aliphatic heterocycles. The highest BCUT2D eigenvalue weighted by atomic mass is 35.5. The number of amides is 1. The summed E-state index contributed by atoms with van der Waals surface area (Å²) in [7, 11) is 0. The number of nitrogens with one attached hydrogen (secondary N) is 1. The summed E-state index contributed by atoms with van der Waals surface area (Å²) in [6, 6.07) is 8.61. The highest BCUT2D eigenvalue weighted by Crippen LogP contribution is 2.23. The Kier molecular flexibility index (Phi) is 8.56. The van der Waals surface area contributed by atoms with Crippen molar-refractivity contribution in [2.75, 3.05) is 39.5 Å². The summed E-state index contributed by atoms with van der Waals surface area (Å²) in [6.07, 6.45) is 1.58. The summed E-state index contributed by atoms with van der Waals surface area (Å²) in [5, 5.41) is 3.62. The van der Waals surface area contributed by atoms with Gasteiger partial charge in [-0.3, -0.25) is 19.1 Å². The van der Waals surface area contributed by atoms with Crippen molar-refractivity contribution < 1.29 is 14.3 Å². The molecule has 1 aromatic carbocycles. The molecule has 0 saturated carbocycles. The maximum absolute atomic E-state index is 13.6. The molecule has 0 bridgehead atoms. The van der Waals surface area contributed by atoms with E-state index in [0.29, 0.717) is 34.7 Å². The molecule has 3 heterocycles. The molecule has 9 nitrogen and oxygen atoms in total. The smallest absolute Gasteiger partial charge is 0.263 e. The summed E-state index contributed by atoms with van der Waals surface area (Å²) in [5.74, 6) is 0.825. The van der Waals surface area contributed by atoms with E-state index in [1.54, 1.807) is 36.5 Å². The molecular formula is C26H32ClN5O4. The SMILES string of the molecule is CC(C)NC(=O)Cn1c(-c2cccc(Cl)c2)nc2ncc(OC[C@@H](C)CN3CCOCC3)cc2c1=O. The lowest BCUT2D eigenvalue weighted by molar-refractivity contribution is -0.122. The summed E-state index contributed by atoms with van der Waals surface area (Å²) >= 11 is 6.19. The quantitative estimate of drug-likeness (QED) is 0.469. The molecule has 1 atom stereocenters. The maximum atomic E-state index is 13.6. The lowest BCUT2D eigenvalue weighted by atomic mass is 10.2. The molecule has 0 radical (unpaired) electrons. The lowest BCUT2D eigenvalue weighted by Crippen LogP contribution is -2.39. The predicted molar refractivity (Wildman–Crippen MR) is 139 cm³/mol. The maximum Gasteiger partial charge on any atom is 0.263 e. The van der Waals surface area contributed by atoms with Gasteiger partial charge >= 0.3 is 0 Å². The van der Waals surface area contributed by atoms with Crippen LogP contribution in [0.3, 0.4) is 0 Å². The average Bonchev–Trinajstić information content (AvgIpc) is 2.84. The number of morpholine rings is 1. The van der Waals surface area contributed by atoms with Crippen LogP contribution < -0.4 is 15.6 Å². The molecule has 2 aromatic heterocycles. The van der Waals surface area contributed by atoms with Gasteiger partial charge in [-0.2, -0.15) is 0 Å². The van der Waals surface area contributed by atoms with E-state index in [1.807, 2.05) is 13.8 Å². The zero-order valence-electron chi connectivity index (χ0n) is 20.9. The Hall–Kier alpha value is -3.01. The molecule has 4 rings (SSSR count). The zero-order chi connectivity index (χ0) is 25.7. The molecule has 1 fully saturated rings. The number of hydrogen-bond acceptors (Lipinski definition) is 7. The molecular weight excluding hydrogens is 482 g/mol. The van der Waals surface area contributed by atoms with Crippen molar-refractivity contribution in [1.29, 1.82) is 0 Å². The van der Waals surface area contributed by atoms with E-state index >= 15 is 0 Å². The molecule has 0 aliphatic carbocycles. The Labute approximate surface area is 215 Å². The minimum atomic E-state index is -0.367. The zero-order valence-corrected chi connectivity index (χ0v) is 21.6. The van der Waals surface area contributed by atoms with Crippen molar-refractivity contribution in [2.45, 2.75) is 33.4 Å². The van der Waals surface area contributed by atoms with Crippen LogP contribution in [0.2, 0.25) is 5.02 Å². The van der Waals surface area contributed by atoms with Gasteiger partial charge in [-0.15, -0.1) is 0 Å². The number of fused-ring (bicyclic) bond motifs is 1. The number of nitrogens with zero attached hydrogens (tertiary/aromatic N) is 4. The van der Waals surface area contributed by atoms with Crippen LogP contribution >= 0.6 is 11.6 Å². The second-order valence-electron chi connectivity index (χ2n) is 9.43. The first-order valence-electron chi connectivity index (χ1n) is 12.2. The van der Waals surface area contributed by atoms with E-state index in [0.717, 1.165) is 32.8 Å². The van der Waals surface area contributed by atoms with Crippen molar-refractivity contribution in [3.8, 4) is 17.1 Å². The van der Waals surface area contributed by atoms with Gasteiger partial charge in [-0.05, 0) is 32.0 Å². The van der Waals surface area contributed by atoms with Crippen molar-refractivity contribution >= 4 is 28.5 Å². The number of rotatable bonds is 9. The molecule has 10 heteroatoms. The Morgan fingerprint density at radius 2 is 2.00 bits per heavy atom. The monoisotopic (exact) mass is 513 g/mol. The summed E-state index contributed by atoms with van der Waals surface area (Å²) < 4.78 is 12.8. The molecule has 1 N–H and O–H groups in total. The summed E-state index contributed by atoms with van der Waals surface area (Å²) in [5.41, 5.74) is 0.537. The van der Waals surface area contributed by atoms with Crippen LogP contribution in [0.5, 0.6) is 5.75 Å². The van der Waals surface area contributed by atoms with E-state index < -0.39 is 0 Å². The van der Waals surface area contributed by atoms with Crippen LogP contribution in [0.4, 0.5) is 0 Å². The molecule has 3 aromatic rings. The van der Waals surface area contributed by atoms with E-state index in [2.05, 4.69) is 27.1 Å². The van der Waals surface area contributed by atoms with Gasteiger partial charge in [0, 0.05) is 42.2 Å². The van der Waals surface area contributed by atoms with E-state index in [4.69, 9.17) is 21.1 Å². The molecule has 192 valence electrons. The number of pyridine rings is 1. The molecule has 0 unspecified atom stereocenters. The number of ether oxygens (including phenoxy) is 2. The van der Waals surface area contributed by atoms with Gasteiger partial charge in [0.05, 0.1) is 31.4 Å². The van der Waals surface area contributed by atoms with Gasteiger partial charge in [-0.1, -0.05) is 30.7 Å². The summed E-state index contributed by atoms with van der Waals surface area (Å²) in [4.78, 5) is 37.6. The Bertz CT molecular complexity index is 1270. The minimum Gasteiger partial charge on any atom is -0.492 e. The number of halogens is 1. The number of carbonyl (C=O) groups excluding carboxylic acids is 1. The van der Waals surface area contributed by atoms with Crippen LogP contribution in [0, 0.1) is 5.92 Å². The van der Waals surface area contributed by atoms with Crippen molar-refractivity contribution in [3.63, 3.8) is 0 Å². The third-order valence-electron chi connectivity index (χ3n) is 5.83. The number of carbonyl (C=O) groups is 1. The molecule has 1 saturated heterocycles. The van der Waals surface area contributed by atoms with Crippen molar-refractivity contribution in [1.82, 2.24) is 24.8 Å². The standard InChI is InChI=1S/C26H32ClN5O4/c1-17(2)29-23(33)15-32-25(19-5-4-6-20(27)11-19)30-24-22(26(32)34)12-21(13-28-24)36-16-18(3)14-31-7-9-35-10-8-31/h4-6,11-13,17-18H,7-10,14-16H2,1-3H3,(H,29,33)/t18-/m0/s1. The third kappa shape index (κ3) is 6.60. The third-order valence-corrected chi connectivity index (χ3v) is 6.06. The Morgan fingerprint density at radius 3 is 2.72 bits per heavy atom. The van der Waals surface area contributed by atoms with E-state index in [1.165, 1.54) is 4.57 Å². The fraction of sp³-hybridized carbons (Fsp3) is 0.462. The Balaban J connectivity index is 1.62. The second-order valence-corrected chi connectivity index (χ2v) is 9.87. The first-order valence-corrected chi connectivity index (χ1v) is 12.6. The number of hydrogen-bond donors (Lipinski definition) is 1. The topological polar surface area (TPSA) is 98.6 Å². The molecule has 1 aliphatic rings. The Morgan fingerprint density at radius 1 is 1.22 bits per heavy atom. The lowest BCUT2D eigenvalue weighted by Gasteiger charge is -2.29. The van der Waals surface area contributed by atoms with Gasteiger partial charge in [0.15, 0.2) is 5.65 Å². The fourth-order valence-corrected chi connectivity index (χ4v) is 4.38. The van der Waals surface area contributed by atoms with Crippen molar-refractivity contribution in [3.05, 3.63) is 51.9 Å². The minimum absolute atomic E-state index is 0.0580. The fourth-order valence-electron chi connectivity index (χ4n) is 4.19. The van der Waals surface area contributed by atoms with Gasteiger partial charge in [0.25, 0.3) is 5.56 Å². The van der Waals surface area contributed by atoms with Crippen LogP contribution in [-0.4, -0.2) is 70.8 Å². The highest BCUT2D eigenvalue weighted by molar-refractivity contribution is 6.30. The summed E-state index contributed by atoms with van der Waals surface area (Å²) in [6.45, 7) is 10.4. The first-order chi connectivity index (χ1) is 17.3. The largest absolute Gasteiger partial charge is 0.492 e. The van der Waals surface area contributed by atoms with E-state index in [9.17, 15) is 9.59 Å². The van der Waals surface area contributed by atoms with Crippen LogP contribution in [0.1, 0.15) is 20.8 Å². The van der Waals surface area contributed by atoms with Crippen LogP contribution in [0.15, 0.2) is 41.3 Å². The normalized spacial score (nSPS) is 15.2. The number of benzene rings is 1.